The van der Waals surface area contributed by atoms with E-state index in [1.54, 1.807) is 10.9 Å². The molecule has 8 heteroatoms. The maximum atomic E-state index is 12.7. The van der Waals surface area contributed by atoms with E-state index in [2.05, 4.69) is 27.1 Å². The number of carbonyl (C=O) groups is 1. The van der Waals surface area contributed by atoms with E-state index in [4.69, 9.17) is 9.72 Å². The predicted molar refractivity (Wildman–Crippen MR) is 98.3 cm³/mol. The van der Waals surface area contributed by atoms with Gasteiger partial charge in [0.15, 0.2) is 5.78 Å². The quantitative estimate of drug-likeness (QED) is 0.723. The molecule has 1 saturated heterocycles. The van der Waals surface area contributed by atoms with Crippen LogP contribution in [-0.4, -0.2) is 56.5 Å². The number of nitrogens with zero attached hydrogens (tertiary/aromatic N) is 5. The zero-order valence-corrected chi connectivity index (χ0v) is 15.2. The number of nitrogens with one attached hydrogen (secondary N) is 1. The summed E-state index contributed by atoms with van der Waals surface area (Å²) in [7, 11) is 1.84. The lowest BCUT2D eigenvalue weighted by atomic mass is 10.1. The van der Waals surface area contributed by atoms with Crippen molar-refractivity contribution >= 4 is 22.6 Å². The van der Waals surface area contributed by atoms with Crippen molar-refractivity contribution in [2.75, 3.05) is 24.7 Å². The number of aromatic nitrogens is 5. The summed E-state index contributed by atoms with van der Waals surface area (Å²) in [6.07, 6.45) is 2.11. The molecule has 26 heavy (non-hydrogen) atoms. The van der Waals surface area contributed by atoms with Crippen molar-refractivity contribution < 1.29 is 9.53 Å². The van der Waals surface area contributed by atoms with Crippen molar-refractivity contribution in [1.82, 2.24) is 25.0 Å². The van der Waals surface area contributed by atoms with E-state index in [0.29, 0.717) is 36.4 Å². The van der Waals surface area contributed by atoms with Gasteiger partial charge in [-0.2, -0.15) is 10.2 Å². The molecular formula is C18H22N6O2. The summed E-state index contributed by atoms with van der Waals surface area (Å²) in [6.45, 7) is 6.03. The number of aryl methyl sites for hydroxylation is 1. The van der Waals surface area contributed by atoms with E-state index in [1.165, 1.54) is 0 Å². The summed E-state index contributed by atoms with van der Waals surface area (Å²) in [5.74, 6) is 0.873. The molecule has 0 spiro atoms. The van der Waals surface area contributed by atoms with E-state index in [0.717, 1.165) is 23.6 Å². The maximum Gasteiger partial charge on any atom is 0.164 e. The summed E-state index contributed by atoms with van der Waals surface area (Å²) in [6, 6.07) is 3.95. The zero-order chi connectivity index (χ0) is 18.3. The van der Waals surface area contributed by atoms with E-state index >= 15 is 0 Å². The molecule has 0 aromatic carbocycles. The number of morpholine rings is 1. The van der Waals surface area contributed by atoms with Crippen LogP contribution >= 0.6 is 0 Å². The first-order chi connectivity index (χ1) is 12.6. The van der Waals surface area contributed by atoms with Gasteiger partial charge in [0.05, 0.1) is 30.5 Å². The molecule has 4 heterocycles. The monoisotopic (exact) mass is 354 g/mol. The fourth-order valence-electron chi connectivity index (χ4n) is 3.45. The Hall–Kier alpha value is -2.74. The number of aromatic amines is 1. The van der Waals surface area contributed by atoms with Crippen molar-refractivity contribution in [3.8, 4) is 11.4 Å². The molecule has 1 N–H and O–H groups in total. The minimum atomic E-state index is 0.0822. The van der Waals surface area contributed by atoms with Gasteiger partial charge in [0.2, 0.25) is 0 Å². The third-order valence-corrected chi connectivity index (χ3v) is 4.82. The van der Waals surface area contributed by atoms with Crippen LogP contribution < -0.4 is 4.90 Å². The Kier molecular flexibility index (Phi) is 4.20. The molecule has 1 atom stereocenters. The van der Waals surface area contributed by atoms with Gasteiger partial charge >= 0.3 is 0 Å². The molecule has 136 valence electrons. The van der Waals surface area contributed by atoms with Gasteiger partial charge in [0, 0.05) is 31.8 Å². The van der Waals surface area contributed by atoms with Gasteiger partial charge in [-0.15, -0.1) is 0 Å². The first-order valence-corrected chi connectivity index (χ1v) is 8.85. The van der Waals surface area contributed by atoms with Crippen molar-refractivity contribution in [3.05, 3.63) is 23.9 Å². The van der Waals surface area contributed by atoms with Crippen LogP contribution in [0.15, 0.2) is 18.3 Å². The number of ketones is 1. The van der Waals surface area contributed by atoms with Gasteiger partial charge in [-0.1, -0.05) is 6.92 Å². The highest BCUT2D eigenvalue weighted by molar-refractivity contribution is 6.09. The third kappa shape index (κ3) is 2.66. The van der Waals surface area contributed by atoms with Crippen LogP contribution in [0.5, 0.6) is 0 Å². The third-order valence-electron chi connectivity index (χ3n) is 4.82. The van der Waals surface area contributed by atoms with Crippen LogP contribution in [0.25, 0.3) is 22.4 Å². The second-order valence-electron chi connectivity index (χ2n) is 6.56. The molecule has 3 aromatic rings. The van der Waals surface area contributed by atoms with Crippen LogP contribution in [0.1, 0.15) is 30.6 Å². The molecule has 0 aliphatic carbocycles. The SMILES string of the molecule is CCC(=O)c1cc(N2CCOC[C@H]2C)nc2c(-c3ccn[nH]3)nn(C)c12. The van der Waals surface area contributed by atoms with E-state index < -0.39 is 0 Å². The molecule has 0 bridgehead atoms. The lowest BCUT2D eigenvalue weighted by Gasteiger charge is -2.34. The Morgan fingerprint density at radius 3 is 3.00 bits per heavy atom. The van der Waals surface area contributed by atoms with Gasteiger partial charge in [-0.25, -0.2) is 4.98 Å². The summed E-state index contributed by atoms with van der Waals surface area (Å²) in [4.78, 5) is 19.7. The second-order valence-corrected chi connectivity index (χ2v) is 6.56. The molecular weight excluding hydrogens is 332 g/mol. The number of fused-ring (bicyclic) bond motifs is 1. The zero-order valence-electron chi connectivity index (χ0n) is 15.2. The van der Waals surface area contributed by atoms with Gasteiger partial charge in [0.1, 0.15) is 17.0 Å². The Morgan fingerprint density at radius 2 is 2.31 bits per heavy atom. The van der Waals surface area contributed by atoms with Gasteiger partial charge < -0.3 is 9.64 Å². The average molecular weight is 354 g/mol. The average Bonchev–Trinajstić information content (AvgIpc) is 3.29. The number of ether oxygens (including phenoxy) is 1. The summed E-state index contributed by atoms with van der Waals surface area (Å²) in [5, 5.41) is 11.6. The second kappa shape index (κ2) is 6.53. The molecule has 8 nitrogen and oxygen atoms in total. The first-order valence-electron chi connectivity index (χ1n) is 8.85. The lowest BCUT2D eigenvalue weighted by molar-refractivity contribution is 0.0982. The fourth-order valence-corrected chi connectivity index (χ4v) is 3.45. The number of Topliss-reactive ketones (excluding diaryl/α,β-unsaturated/α-hetero) is 1. The number of hydrogen-bond donors (Lipinski definition) is 1. The van der Waals surface area contributed by atoms with Crippen molar-refractivity contribution in [1.29, 1.82) is 0 Å². The maximum absolute atomic E-state index is 12.7. The largest absolute Gasteiger partial charge is 0.377 e. The highest BCUT2D eigenvalue weighted by Gasteiger charge is 2.25. The van der Waals surface area contributed by atoms with Crippen LogP contribution in [0.2, 0.25) is 0 Å². The molecule has 1 fully saturated rings. The molecule has 0 saturated carbocycles. The molecule has 3 aromatic heterocycles. The predicted octanol–water partition coefficient (Wildman–Crippen LogP) is 2.18. The number of rotatable bonds is 4. The molecule has 0 unspecified atom stereocenters. The van der Waals surface area contributed by atoms with Crippen LogP contribution in [0, 0.1) is 0 Å². The first kappa shape index (κ1) is 16.7. The van der Waals surface area contributed by atoms with Crippen molar-refractivity contribution in [2.45, 2.75) is 26.3 Å². The fraction of sp³-hybridized carbons (Fsp3) is 0.444. The number of hydrogen-bond acceptors (Lipinski definition) is 6. The normalized spacial score (nSPS) is 17.8. The highest BCUT2D eigenvalue weighted by Crippen LogP contribution is 2.31. The molecule has 1 aliphatic rings. The Morgan fingerprint density at radius 1 is 1.46 bits per heavy atom. The number of H-pyrrole nitrogens is 1. The van der Waals surface area contributed by atoms with Crippen molar-refractivity contribution in [2.24, 2.45) is 7.05 Å². The van der Waals surface area contributed by atoms with Gasteiger partial charge in [-0.05, 0) is 19.1 Å². The van der Waals surface area contributed by atoms with E-state index in [1.807, 2.05) is 26.1 Å². The summed E-state index contributed by atoms with van der Waals surface area (Å²) >= 11 is 0. The smallest absolute Gasteiger partial charge is 0.164 e. The Bertz CT molecular complexity index is 946. The highest BCUT2D eigenvalue weighted by atomic mass is 16.5. The molecule has 4 rings (SSSR count). The van der Waals surface area contributed by atoms with Crippen molar-refractivity contribution in [3.63, 3.8) is 0 Å². The lowest BCUT2D eigenvalue weighted by Crippen LogP contribution is -2.44. The van der Waals surface area contributed by atoms with Gasteiger partial charge in [0.25, 0.3) is 0 Å². The topological polar surface area (TPSA) is 88.9 Å². The number of anilines is 1. The minimum Gasteiger partial charge on any atom is -0.377 e. The number of pyridine rings is 1. The Labute approximate surface area is 151 Å². The summed E-state index contributed by atoms with van der Waals surface area (Å²) in [5.41, 5.74) is 3.61. The Balaban J connectivity index is 1.96. The van der Waals surface area contributed by atoms with E-state index in [-0.39, 0.29) is 11.8 Å². The van der Waals surface area contributed by atoms with Crippen LogP contribution in [0.3, 0.4) is 0 Å². The standard InChI is InChI=1S/C18H22N6O2/c1-4-14(25)12-9-15(24-7-8-26-10-11(24)2)20-17-16(13-5-6-19-21-13)22-23(3)18(12)17/h5-6,9,11H,4,7-8,10H2,1-3H3,(H,19,21)/t11-/m1/s1. The molecule has 0 radical (unpaired) electrons. The molecule has 0 amide bonds. The van der Waals surface area contributed by atoms with E-state index in [9.17, 15) is 4.79 Å². The van der Waals surface area contributed by atoms with Gasteiger partial charge in [-0.3, -0.25) is 14.6 Å². The number of carbonyl (C=O) groups excluding carboxylic acids is 1. The molecule has 1 aliphatic heterocycles. The summed E-state index contributed by atoms with van der Waals surface area (Å²) < 4.78 is 7.27. The van der Waals surface area contributed by atoms with Crippen LogP contribution in [-0.2, 0) is 11.8 Å². The van der Waals surface area contributed by atoms with Crippen LogP contribution in [0.4, 0.5) is 5.82 Å². The minimum absolute atomic E-state index is 0.0822.